The number of amides is 1. The summed E-state index contributed by atoms with van der Waals surface area (Å²) in [5.74, 6) is 0.0647. The predicted molar refractivity (Wildman–Crippen MR) is 99.4 cm³/mol. The van der Waals surface area contributed by atoms with Crippen LogP contribution in [0.1, 0.15) is 16.1 Å². The summed E-state index contributed by atoms with van der Waals surface area (Å²) < 4.78 is 16.1. The van der Waals surface area contributed by atoms with Gasteiger partial charge in [-0.1, -0.05) is 17.3 Å². The van der Waals surface area contributed by atoms with Crippen LogP contribution in [0.2, 0.25) is 0 Å². The van der Waals surface area contributed by atoms with Gasteiger partial charge < -0.3 is 14.9 Å². The predicted octanol–water partition coefficient (Wildman–Crippen LogP) is 1.26. The molecule has 4 rings (SSSR count). The number of anilines is 1. The monoisotopic (exact) mass is 394 g/mol. The number of aromatic nitrogens is 5. The Kier molecular flexibility index (Phi) is 4.72. The Labute approximate surface area is 162 Å². The second kappa shape index (κ2) is 7.64. The summed E-state index contributed by atoms with van der Waals surface area (Å²) in [6.45, 7) is 0. The second-order valence-electron chi connectivity index (χ2n) is 5.66. The van der Waals surface area contributed by atoms with Crippen LogP contribution in [0.5, 0.6) is 5.75 Å². The van der Waals surface area contributed by atoms with Crippen molar-refractivity contribution in [1.29, 1.82) is 0 Å². The van der Waals surface area contributed by atoms with Gasteiger partial charge in [-0.3, -0.25) is 4.79 Å². The van der Waals surface area contributed by atoms with Crippen molar-refractivity contribution in [3.63, 3.8) is 0 Å². The number of methoxy groups -OCH3 is 1. The van der Waals surface area contributed by atoms with Gasteiger partial charge in [0.1, 0.15) is 11.4 Å². The minimum Gasteiger partial charge on any atom is -0.497 e. The van der Waals surface area contributed by atoms with Gasteiger partial charge in [-0.2, -0.15) is 9.78 Å². The average Bonchev–Trinajstić information content (AvgIpc) is 3.48. The molecular formula is C17H14N8O4. The minimum absolute atomic E-state index is 0.00926. The van der Waals surface area contributed by atoms with Crippen LogP contribution in [0.25, 0.3) is 17.1 Å². The number of nitrogen functional groups attached to an aromatic ring is 1. The Morgan fingerprint density at radius 1 is 1.34 bits per heavy atom. The van der Waals surface area contributed by atoms with Crippen LogP contribution >= 0.6 is 0 Å². The summed E-state index contributed by atoms with van der Waals surface area (Å²) >= 11 is 0. The Balaban J connectivity index is 1.74. The Morgan fingerprint density at radius 3 is 2.97 bits per heavy atom. The van der Waals surface area contributed by atoms with Crippen molar-refractivity contribution in [3.05, 3.63) is 54.1 Å². The number of hydrazone groups is 1. The summed E-state index contributed by atoms with van der Waals surface area (Å²) in [5, 5.41) is 19.1. The number of nitrogens with zero attached hydrogens (tertiary/aromatic N) is 6. The Hall–Kier alpha value is -4.48. The first-order chi connectivity index (χ1) is 14.2. The highest BCUT2D eigenvalue weighted by molar-refractivity contribution is 5.98. The van der Waals surface area contributed by atoms with Crippen molar-refractivity contribution in [2.75, 3.05) is 12.8 Å². The number of carbonyl (C=O) groups is 1. The molecule has 0 aliphatic carbocycles. The average molecular weight is 394 g/mol. The standard InChI is InChI=1S/C17H14N8O4/c1-27-12-4-2-3-11(7-12)14-13(17(26)21-19-8-10-5-6-28-9-10)20-24-25(14)16-15(18)22-29-23-16/h2-9H,1H3,(H2,18,22)(H,21,26)/b19-8-. The maximum Gasteiger partial charge on any atom is 0.294 e. The fraction of sp³-hybridized carbons (Fsp3) is 0.0588. The van der Waals surface area contributed by atoms with Gasteiger partial charge in [0.2, 0.25) is 11.6 Å². The highest BCUT2D eigenvalue weighted by Crippen LogP contribution is 2.28. The fourth-order valence-corrected chi connectivity index (χ4v) is 2.52. The smallest absolute Gasteiger partial charge is 0.294 e. The van der Waals surface area contributed by atoms with Crippen LogP contribution < -0.4 is 15.9 Å². The molecule has 0 unspecified atom stereocenters. The van der Waals surface area contributed by atoms with Crippen molar-refractivity contribution in [3.8, 4) is 22.8 Å². The third-order valence-electron chi connectivity index (χ3n) is 3.85. The first-order valence-electron chi connectivity index (χ1n) is 8.21. The topological polar surface area (TPSA) is 159 Å². The number of carbonyl (C=O) groups excluding carboxylic acids is 1. The molecule has 0 atom stereocenters. The summed E-state index contributed by atoms with van der Waals surface area (Å²) in [6, 6.07) is 8.68. The fourth-order valence-electron chi connectivity index (χ4n) is 2.52. The molecule has 1 aromatic carbocycles. The maximum absolute atomic E-state index is 12.7. The molecule has 3 aromatic heterocycles. The Bertz CT molecular complexity index is 1160. The van der Waals surface area contributed by atoms with E-state index in [4.69, 9.17) is 14.9 Å². The molecule has 12 nitrogen and oxygen atoms in total. The molecule has 0 radical (unpaired) electrons. The van der Waals surface area contributed by atoms with Gasteiger partial charge in [-0.15, -0.1) is 5.10 Å². The molecule has 3 N–H and O–H groups in total. The molecule has 3 heterocycles. The van der Waals surface area contributed by atoms with Crippen molar-refractivity contribution in [2.24, 2.45) is 5.10 Å². The molecule has 0 aliphatic heterocycles. The second-order valence-corrected chi connectivity index (χ2v) is 5.66. The SMILES string of the molecule is COc1cccc(-c2c(C(=O)N/N=C\c3ccoc3)nnn2-c2nonc2N)c1. The molecule has 0 fully saturated rings. The lowest BCUT2D eigenvalue weighted by Gasteiger charge is -2.07. The molecule has 1 amide bonds. The number of furan rings is 1. The van der Waals surface area contributed by atoms with Gasteiger partial charge in [-0.25, -0.2) is 10.1 Å². The van der Waals surface area contributed by atoms with E-state index in [0.29, 0.717) is 22.6 Å². The first kappa shape index (κ1) is 17.9. The van der Waals surface area contributed by atoms with Crippen molar-refractivity contribution in [2.45, 2.75) is 0 Å². The molecule has 0 saturated carbocycles. The normalized spacial score (nSPS) is 11.1. The van der Waals surface area contributed by atoms with Crippen molar-refractivity contribution in [1.82, 2.24) is 30.7 Å². The van der Waals surface area contributed by atoms with E-state index in [2.05, 4.69) is 35.8 Å². The van der Waals surface area contributed by atoms with Gasteiger partial charge in [0.25, 0.3) is 5.91 Å². The van der Waals surface area contributed by atoms with Crippen LogP contribution in [0.15, 0.2) is 57.0 Å². The molecule has 0 aliphatic rings. The molecule has 4 aromatic rings. The van der Waals surface area contributed by atoms with E-state index in [1.807, 2.05) is 0 Å². The zero-order valence-electron chi connectivity index (χ0n) is 15.0. The van der Waals surface area contributed by atoms with E-state index in [1.165, 1.54) is 30.5 Å². The molecular weight excluding hydrogens is 380 g/mol. The molecule has 0 spiro atoms. The molecule has 0 saturated heterocycles. The zero-order chi connectivity index (χ0) is 20.2. The largest absolute Gasteiger partial charge is 0.497 e. The molecule has 29 heavy (non-hydrogen) atoms. The number of hydrogen-bond acceptors (Lipinski definition) is 10. The lowest BCUT2D eigenvalue weighted by molar-refractivity contribution is 0.0950. The third kappa shape index (κ3) is 3.53. The number of nitrogens with one attached hydrogen (secondary N) is 1. The summed E-state index contributed by atoms with van der Waals surface area (Å²) in [7, 11) is 1.53. The van der Waals surface area contributed by atoms with Crippen LogP contribution in [-0.4, -0.2) is 44.5 Å². The summed E-state index contributed by atoms with van der Waals surface area (Å²) in [5.41, 5.74) is 9.75. The van der Waals surface area contributed by atoms with E-state index >= 15 is 0 Å². The summed E-state index contributed by atoms with van der Waals surface area (Å²) in [4.78, 5) is 12.7. The van der Waals surface area contributed by atoms with Crippen LogP contribution in [0.3, 0.4) is 0 Å². The van der Waals surface area contributed by atoms with E-state index in [0.717, 1.165) is 0 Å². The lowest BCUT2D eigenvalue weighted by atomic mass is 10.1. The Morgan fingerprint density at radius 2 is 2.24 bits per heavy atom. The highest BCUT2D eigenvalue weighted by Gasteiger charge is 2.25. The van der Waals surface area contributed by atoms with Crippen LogP contribution in [0, 0.1) is 0 Å². The lowest BCUT2D eigenvalue weighted by Crippen LogP contribution is -2.19. The minimum atomic E-state index is -0.594. The number of rotatable bonds is 6. The summed E-state index contributed by atoms with van der Waals surface area (Å²) in [6.07, 6.45) is 4.40. The van der Waals surface area contributed by atoms with Gasteiger partial charge in [0, 0.05) is 11.1 Å². The maximum atomic E-state index is 12.7. The van der Waals surface area contributed by atoms with Crippen molar-refractivity contribution < 1.29 is 18.6 Å². The first-order valence-corrected chi connectivity index (χ1v) is 8.21. The van der Waals surface area contributed by atoms with E-state index in [9.17, 15) is 4.79 Å². The number of ether oxygens (including phenoxy) is 1. The molecule has 146 valence electrons. The van der Waals surface area contributed by atoms with Crippen molar-refractivity contribution >= 4 is 17.9 Å². The number of benzene rings is 1. The molecule has 12 heteroatoms. The van der Waals surface area contributed by atoms with Gasteiger partial charge in [-0.05, 0) is 28.5 Å². The number of hydrogen-bond donors (Lipinski definition) is 2. The van der Waals surface area contributed by atoms with Crippen LogP contribution in [-0.2, 0) is 0 Å². The van der Waals surface area contributed by atoms with E-state index in [-0.39, 0.29) is 17.3 Å². The van der Waals surface area contributed by atoms with E-state index < -0.39 is 5.91 Å². The van der Waals surface area contributed by atoms with Gasteiger partial charge in [0.05, 0.1) is 25.9 Å². The van der Waals surface area contributed by atoms with Crippen LogP contribution in [0.4, 0.5) is 5.82 Å². The van der Waals surface area contributed by atoms with Gasteiger partial charge >= 0.3 is 0 Å². The third-order valence-corrected chi connectivity index (χ3v) is 3.85. The number of nitrogens with two attached hydrogens (primary N) is 1. The van der Waals surface area contributed by atoms with Gasteiger partial charge in [0.15, 0.2) is 5.69 Å². The van der Waals surface area contributed by atoms with E-state index in [1.54, 1.807) is 30.3 Å². The quantitative estimate of drug-likeness (QED) is 0.362. The molecule has 0 bridgehead atoms. The highest BCUT2D eigenvalue weighted by atomic mass is 16.6. The zero-order valence-corrected chi connectivity index (χ0v) is 15.0.